The molecule has 6 heteroatoms. The zero-order valence-corrected chi connectivity index (χ0v) is 17.8. The molecule has 3 fully saturated rings. The quantitative estimate of drug-likeness (QED) is 0.760. The molecule has 0 amide bonds. The van der Waals surface area contributed by atoms with Gasteiger partial charge in [0.1, 0.15) is 5.82 Å². The van der Waals surface area contributed by atoms with Gasteiger partial charge in [-0.2, -0.15) is 0 Å². The Bertz CT molecular complexity index is 773. The molecule has 1 aromatic heterocycles. The smallest absolute Gasteiger partial charge is 0.123 e. The van der Waals surface area contributed by atoms with Gasteiger partial charge in [0, 0.05) is 44.1 Å². The largest absolute Gasteiger partial charge is 0.331 e. The summed E-state index contributed by atoms with van der Waals surface area (Å²) in [4.78, 5) is 9.88. The highest BCUT2D eigenvalue weighted by Gasteiger charge is 2.46. The Morgan fingerprint density at radius 3 is 2.59 bits per heavy atom. The number of imidazole rings is 1. The van der Waals surface area contributed by atoms with Gasteiger partial charge in [-0.25, -0.2) is 4.98 Å². The number of likely N-dealkylation sites (tertiary alicyclic amines) is 2. The molecule has 2 aromatic rings. The second-order valence-electron chi connectivity index (χ2n) is 8.34. The van der Waals surface area contributed by atoms with Crippen molar-refractivity contribution in [3.05, 3.63) is 53.6 Å². The fourth-order valence-electron chi connectivity index (χ4n) is 5.22. The summed E-state index contributed by atoms with van der Waals surface area (Å²) in [6.07, 6.45) is 6.81. The van der Waals surface area contributed by atoms with Gasteiger partial charge in [-0.3, -0.25) is 9.80 Å². The molecular formula is C21H30Cl2N4. The number of aryl methyl sites for hydroxylation is 1. The molecule has 5 rings (SSSR count). The van der Waals surface area contributed by atoms with Crippen LogP contribution in [0.25, 0.3) is 0 Å². The SMILES string of the molecule is Cc1ccccc1[C@H]1[C@@H]2CN(Cc3nccn3C3CC3)C[C@@H]2CN1C.Cl.Cl. The Morgan fingerprint density at radius 1 is 1.07 bits per heavy atom. The number of benzene rings is 1. The van der Waals surface area contributed by atoms with Crippen LogP contribution in [0.1, 0.15) is 41.9 Å². The van der Waals surface area contributed by atoms with Gasteiger partial charge in [-0.15, -0.1) is 24.8 Å². The molecular weight excluding hydrogens is 379 g/mol. The van der Waals surface area contributed by atoms with Gasteiger partial charge >= 0.3 is 0 Å². The third-order valence-corrected chi connectivity index (χ3v) is 6.53. The van der Waals surface area contributed by atoms with E-state index in [-0.39, 0.29) is 24.8 Å². The topological polar surface area (TPSA) is 24.3 Å². The first-order valence-electron chi connectivity index (χ1n) is 9.70. The van der Waals surface area contributed by atoms with Crippen LogP contribution >= 0.6 is 24.8 Å². The number of hydrogen-bond donors (Lipinski definition) is 0. The van der Waals surface area contributed by atoms with E-state index in [1.165, 1.54) is 49.4 Å². The van der Waals surface area contributed by atoms with Crippen molar-refractivity contribution in [3.8, 4) is 0 Å². The van der Waals surface area contributed by atoms with Crippen molar-refractivity contribution in [2.45, 2.75) is 38.4 Å². The first-order valence-corrected chi connectivity index (χ1v) is 9.70. The van der Waals surface area contributed by atoms with Crippen LogP contribution in [0.2, 0.25) is 0 Å². The van der Waals surface area contributed by atoms with E-state index in [1.54, 1.807) is 0 Å². The zero-order valence-electron chi connectivity index (χ0n) is 16.1. The molecule has 0 unspecified atom stereocenters. The third-order valence-electron chi connectivity index (χ3n) is 6.53. The summed E-state index contributed by atoms with van der Waals surface area (Å²) >= 11 is 0. The maximum absolute atomic E-state index is 4.65. The monoisotopic (exact) mass is 408 g/mol. The maximum atomic E-state index is 4.65. The van der Waals surface area contributed by atoms with E-state index in [0.29, 0.717) is 6.04 Å². The predicted octanol–water partition coefficient (Wildman–Crippen LogP) is 4.10. The van der Waals surface area contributed by atoms with E-state index in [9.17, 15) is 0 Å². The summed E-state index contributed by atoms with van der Waals surface area (Å²) in [5.74, 6) is 2.80. The molecule has 3 heterocycles. The second kappa shape index (κ2) is 8.12. The highest BCUT2D eigenvalue weighted by atomic mass is 35.5. The summed E-state index contributed by atoms with van der Waals surface area (Å²) in [6.45, 7) is 6.91. The van der Waals surface area contributed by atoms with Crippen molar-refractivity contribution >= 4 is 24.8 Å². The number of nitrogens with zero attached hydrogens (tertiary/aromatic N) is 4. The lowest BCUT2D eigenvalue weighted by molar-refractivity contribution is 0.220. The van der Waals surface area contributed by atoms with Gasteiger partial charge in [0.25, 0.3) is 0 Å². The molecule has 148 valence electrons. The standard InChI is InChI=1S/C21H28N4.2ClH/c1-15-5-3-4-6-18(15)21-19-13-24(12-16(19)11-23(21)2)14-20-22-9-10-25(20)17-7-8-17;;/h3-6,9-10,16-17,19,21H,7-8,11-14H2,1-2H3;2*1H/t16-,19+,21-;;/m0../s1. The lowest BCUT2D eigenvalue weighted by atomic mass is 9.88. The van der Waals surface area contributed by atoms with Crippen molar-refractivity contribution in [2.24, 2.45) is 11.8 Å². The van der Waals surface area contributed by atoms with Crippen molar-refractivity contribution in [3.63, 3.8) is 0 Å². The summed E-state index contributed by atoms with van der Waals surface area (Å²) in [5, 5.41) is 0. The van der Waals surface area contributed by atoms with E-state index in [0.717, 1.165) is 24.4 Å². The summed E-state index contributed by atoms with van der Waals surface area (Å²) in [7, 11) is 2.31. The van der Waals surface area contributed by atoms with Crippen molar-refractivity contribution in [1.29, 1.82) is 0 Å². The van der Waals surface area contributed by atoms with Gasteiger partial charge in [0.05, 0.1) is 6.54 Å². The number of rotatable bonds is 4. The average Bonchev–Trinajstić information content (AvgIpc) is 3.10. The Kier molecular flexibility index (Phi) is 6.21. The normalized spacial score (nSPS) is 27.9. The fraction of sp³-hybridized carbons (Fsp3) is 0.571. The van der Waals surface area contributed by atoms with Crippen LogP contribution in [0.15, 0.2) is 36.7 Å². The molecule has 0 N–H and O–H groups in total. The highest BCUT2D eigenvalue weighted by Crippen LogP contribution is 2.45. The maximum Gasteiger partial charge on any atom is 0.123 e. The van der Waals surface area contributed by atoms with E-state index in [2.05, 4.69) is 63.8 Å². The minimum Gasteiger partial charge on any atom is -0.331 e. The molecule has 3 atom stereocenters. The van der Waals surface area contributed by atoms with Crippen LogP contribution in [0, 0.1) is 18.8 Å². The van der Waals surface area contributed by atoms with Crippen LogP contribution in [0.3, 0.4) is 0 Å². The molecule has 0 radical (unpaired) electrons. The van der Waals surface area contributed by atoms with Crippen molar-refractivity contribution < 1.29 is 0 Å². The van der Waals surface area contributed by atoms with E-state index < -0.39 is 0 Å². The van der Waals surface area contributed by atoms with Crippen LogP contribution in [-0.2, 0) is 6.54 Å². The minimum absolute atomic E-state index is 0. The average molecular weight is 409 g/mol. The van der Waals surface area contributed by atoms with E-state index in [1.807, 2.05) is 6.20 Å². The Hall–Kier alpha value is -1.07. The second-order valence-corrected chi connectivity index (χ2v) is 8.34. The highest BCUT2D eigenvalue weighted by molar-refractivity contribution is 5.85. The molecule has 0 spiro atoms. The Balaban J connectivity index is 0.00000105. The number of aromatic nitrogens is 2. The van der Waals surface area contributed by atoms with Crippen LogP contribution in [0.5, 0.6) is 0 Å². The number of fused-ring (bicyclic) bond motifs is 1. The molecule has 27 heavy (non-hydrogen) atoms. The van der Waals surface area contributed by atoms with Crippen LogP contribution < -0.4 is 0 Å². The Morgan fingerprint density at radius 2 is 1.85 bits per heavy atom. The number of hydrogen-bond acceptors (Lipinski definition) is 3. The zero-order chi connectivity index (χ0) is 17.0. The van der Waals surface area contributed by atoms with E-state index in [4.69, 9.17) is 0 Å². The van der Waals surface area contributed by atoms with Gasteiger partial charge in [0.2, 0.25) is 0 Å². The van der Waals surface area contributed by atoms with Crippen LogP contribution in [-0.4, -0.2) is 46.0 Å². The fourth-order valence-corrected chi connectivity index (χ4v) is 5.22. The van der Waals surface area contributed by atoms with Gasteiger partial charge in [-0.1, -0.05) is 24.3 Å². The van der Waals surface area contributed by atoms with Gasteiger partial charge < -0.3 is 4.57 Å². The molecule has 1 aromatic carbocycles. The number of halogens is 2. The van der Waals surface area contributed by atoms with Crippen LogP contribution in [0.4, 0.5) is 0 Å². The molecule has 3 aliphatic rings. The molecule has 1 saturated carbocycles. The first-order chi connectivity index (χ1) is 12.2. The minimum atomic E-state index is 0. The Labute approximate surface area is 174 Å². The lowest BCUT2D eigenvalue weighted by Gasteiger charge is -2.28. The predicted molar refractivity (Wildman–Crippen MR) is 114 cm³/mol. The molecule has 1 aliphatic carbocycles. The van der Waals surface area contributed by atoms with Crippen molar-refractivity contribution in [1.82, 2.24) is 19.4 Å². The summed E-state index contributed by atoms with van der Waals surface area (Å²) in [5.41, 5.74) is 2.96. The summed E-state index contributed by atoms with van der Waals surface area (Å²) < 4.78 is 2.42. The lowest BCUT2D eigenvalue weighted by Crippen LogP contribution is -2.30. The summed E-state index contributed by atoms with van der Waals surface area (Å²) in [6, 6.07) is 10.2. The van der Waals surface area contributed by atoms with Gasteiger partial charge in [-0.05, 0) is 49.8 Å². The molecule has 0 bridgehead atoms. The van der Waals surface area contributed by atoms with E-state index >= 15 is 0 Å². The third kappa shape index (κ3) is 3.77. The molecule has 2 aliphatic heterocycles. The first kappa shape index (κ1) is 20.7. The molecule has 4 nitrogen and oxygen atoms in total. The molecule has 2 saturated heterocycles. The van der Waals surface area contributed by atoms with Crippen molar-refractivity contribution in [2.75, 3.05) is 26.7 Å². The van der Waals surface area contributed by atoms with Gasteiger partial charge in [0.15, 0.2) is 0 Å².